The van der Waals surface area contributed by atoms with Gasteiger partial charge in [-0.25, -0.2) is 0 Å². The molecule has 0 aliphatic heterocycles. The molecule has 1 heterocycles. The topological polar surface area (TPSA) is 97.4 Å². The highest BCUT2D eigenvalue weighted by Gasteiger charge is 2.15. The Balaban J connectivity index is 0.00000220. The Morgan fingerprint density at radius 2 is 2.14 bits per heavy atom. The van der Waals surface area contributed by atoms with Gasteiger partial charge in [0, 0.05) is 30.1 Å². The van der Waals surface area contributed by atoms with Crippen LogP contribution in [0.15, 0.2) is 28.7 Å². The molecule has 1 amide bonds. The van der Waals surface area contributed by atoms with E-state index >= 15 is 0 Å². The number of likely N-dealkylation sites (N-methyl/N-ethyl adjacent to an activating group) is 1. The normalized spacial score (nSPS) is 11.7. The summed E-state index contributed by atoms with van der Waals surface area (Å²) in [6.07, 6.45) is 0. The highest BCUT2D eigenvalue weighted by molar-refractivity contribution is 5.96. The van der Waals surface area contributed by atoms with Crippen LogP contribution in [0.4, 0.5) is 5.69 Å². The van der Waals surface area contributed by atoms with Crippen molar-refractivity contribution in [1.82, 2.24) is 10.6 Å². The van der Waals surface area contributed by atoms with Crippen LogP contribution in [0, 0.1) is 10.1 Å². The summed E-state index contributed by atoms with van der Waals surface area (Å²) in [6.45, 7) is 2.40. The first-order valence-corrected chi connectivity index (χ1v) is 6.14. The molecule has 8 heteroatoms. The average molecular weight is 314 g/mol. The van der Waals surface area contributed by atoms with E-state index in [0.717, 1.165) is 0 Å². The lowest BCUT2D eigenvalue weighted by molar-refractivity contribution is -0.384. The maximum absolute atomic E-state index is 11.9. The minimum absolute atomic E-state index is 0. The number of nitrogens with one attached hydrogen (secondary N) is 2. The fourth-order valence-corrected chi connectivity index (χ4v) is 1.69. The van der Waals surface area contributed by atoms with E-state index in [2.05, 4.69) is 10.6 Å². The van der Waals surface area contributed by atoms with Crippen molar-refractivity contribution in [3.05, 3.63) is 40.1 Å². The van der Waals surface area contributed by atoms with Gasteiger partial charge in [-0.1, -0.05) is 0 Å². The van der Waals surface area contributed by atoms with Crippen LogP contribution < -0.4 is 10.6 Å². The molecule has 0 saturated heterocycles. The molecule has 0 aliphatic rings. The van der Waals surface area contributed by atoms with Gasteiger partial charge in [0.15, 0.2) is 5.76 Å². The largest absolute Gasteiger partial charge is 0.451 e. The van der Waals surface area contributed by atoms with Crippen LogP contribution in [0.3, 0.4) is 0 Å². The van der Waals surface area contributed by atoms with Crippen LogP contribution in [0.5, 0.6) is 0 Å². The Morgan fingerprint density at radius 3 is 2.76 bits per heavy atom. The number of carbonyl (C=O) groups is 1. The molecule has 1 aromatic heterocycles. The molecule has 1 aromatic carbocycles. The predicted octanol–water partition coefficient (Wildman–Crippen LogP) is 2.10. The van der Waals surface area contributed by atoms with Gasteiger partial charge in [0.1, 0.15) is 5.58 Å². The SMILES string of the molecule is CNC(C)CNC(=O)c1cc2cc([N+](=O)[O-])ccc2o1.Cl. The van der Waals surface area contributed by atoms with Crippen LogP contribution in [-0.4, -0.2) is 30.5 Å². The van der Waals surface area contributed by atoms with E-state index in [1.54, 1.807) is 7.05 Å². The second-order valence-electron chi connectivity index (χ2n) is 4.49. The van der Waals surface area contributed by atoms with Crippen LogP contribution in [0.2, 0.25) is 0 Å². The molecule has 1 unspecified atom stereocenters. The van der Waals surface area contributed by atoms with Crippen LogP contribution in [-0.2, 0) is 0 Å². The van der Waals surface area contributed by atoms with Gasteiger partial charge in [-0.15, -0.1) is 12.4 Å². The van der Waals surface area contributed by atoms with E-state index < -0.39 is 4.92 Å². The molecule has 0 bridgehead atoms. The molecule has 0 aliphatic carbocycles. The van der Waals surface area contributed by atoms with Crippen molar-refractivity contribution in [3.8, 4) is 0 Å². The van der Waals surface area contributed by atoms with Crippen molar-refractivity contribution in [3.63, 3.8) is 0 Å². The van der Waals surface area contributed by atoms with Crippen molar-refractivity contribution in [2.24, 2.45) is 0 Å². The number of nitro groups is 1. The number of amides is 1. The van der Waals surface area contributed by atoms with Crippen LogP contribution in [0.25, 0.3) is 11.0 Å². The third kappa shape index (κ3) is 3.93. The molecule has 0 saturated carbocycles. The molecular formula is C13H16ClN3O4. The Morgan fingerprint density at radius 1 is 1.43 bits per heavy atom. The fraction of sp³-hybridized carbons (Fsp3) is 0.308. The number of fused-ring (bicyclic) bond motifs is 1. The third-order valence-electron chi connectivity index (χ3n) is 3.00. The van der Waals surface area contributed by atoms with Crippen molar-refractivity contribution in [2.75, 3.05) is 13.6 Å². The summed E-state index contributed by atoms with van der Waals surface area (Å²) in [4.78, 5) is 22.1. The van der Waals surface area contributed by atoms with Gasteiger partial charge in [-0.3, -0.25) is 14.9 Å². The number of non-ortho nitro benzene ring substituents is 1. The zero-order chi connectivity index (χ0) is 14.7. The maximum Gasteiger partial charge on any atom is 0.287 e. The van der Waals surface area contributed by atoms with Crippen LogP contribution in [0.1, 0.15) is 17.5 Å². The molecule has 0 fully saturated rings. The summed E-state index contributed by atoms with van der Waals surface area (Å²) < 4.78 is 5.38. The molecule has 7 nitrogen and oxygen atoms in total. The Labute approximate surface area is 127 Å². The summed E-state index contributed by atoms with van der Waals surface area (Å²) in [7, 11) is 1.80. The zero-order valence-electron chi connectivity index (χ0n) is 11.6. The lowest BCUT2D eigenvalue weighted by Gasteiger charge is -2.09. The predicted molar refractivity (Wildman–Crippen MR) is 81.0 cm³/mol. The first kappa shape index (κ1) is 16.9. The van der Waals surface area contributed by atoms with E-state index in [0.29, 0.717) is 17.5 Å². The quantitative estimate of drug-likeness (QED) is 0.650. The third-order valence-corrected chi connectivity index (χ3v) is 3.00. The standard InChI is InChI=1S/C13H15N3O4.ClH/c1-8(14-2)7-15-13(17)12-6-9-5-10(16(18)19)3-4-11(9)20-12;/h3-6,8,14H,7H2,1-2H3,(H,15,17);1H. The van der Waals surface area contributed by atoms with Crippen molar-refractivity contribution in [1.29, 1.82) is 0 Å². The monoisotopic (exact) mass is 313 g/mol. The minimum Gasteiger partial charge on any atom is -0.451 e. The van der Waals surface area contributed by atoms with Gasteiger partial charge in [-0.05, 0) is 26.1 Å². The van der Waals surface area contributed by atoms with Gasteiger partial charge in [-0.2, -0.15) is 0 Å². The van der Waals surface area contributed by atoms with E-state index in [1.165, 1.54) is 24.3 Å². The lowest BCUT2D eigenvalue weighted by Crippen LogP contribution is -2.36. The highest BCUT2D eigenvalue weighted by atomic mass is 35.5. The molecule has 114 valence electrons. The number of carbonyl (C=O) groups excluding carboxylic acids is 1. The Kier molecular flexibility index (Phi) is 5.69. The number of benzene rings is 1. The Bertz CT molecular complexity index is 656. The van der Waals surface area contributed by atoms with Gasteiger partial charge in [0.25, 0.3) is 11.6 Å². The fourth-order valence-electron chi connectivity index (χ4n) is 1.69. The van der Waals surface area contributed by atoms with Crippen molar-refractivity contribution < 1.29 is 14.1 Å². The van der Waals surface area contributed by atoms with Crippen molar-refractivity contribution in [2.45, 2.75) is 13.0 Å². The second kappa shape index (κ2) is 7.05. The molecule has 2 aromatic rings. The minimum atomic E-state index is -0.485. The number of nitro benzene ring substituents is 1. The number of furan rings is 1. The lowest BCUT2D eigenvalue weighted by atomic mass is 10.2. The summed E-state index contributed by atoms with van der Waals surface area (Å²) in [5.74, 6) is -0.199. The zero-order valence-corrected chi connectivity index (χ0v) is 12.4. The number of hydrogen-bond donors (Lipinski definition) is 2. The number of halogens is 1. The Hall–Kier alpha value is -2.12. The van der Waals surface area contributed by atoms with Gasteiger partial charge >= 0.3 is 0 Å². The molecule has 21 heavy (non-hydrogen) atoms. The first-order valence-electron chi connectivity index (χ1n) is 6.14. The average Bonchev–Trinajstić information content (AvgIpc) is 2.87. The van der Waals surface area contributed by atoms with Gasteiger partial charge in [0.05, 0.1) is 4.92 Å². The van der Waals surface area contributed by atoms with Crippen LogP contribution >= 0.6 is 12.4 Å². The summed E-state index contributed by atoms with van der Waals surface area (Å²) >= 11 is 0. The molecule has 2 rings (SSSR count). The number of hydrogen-bond acceptors (Lipinski definition) is 5. The summed E-state index contributed by atoms with van der Waals surface area (Å²) in [5, 5.41) is 16.9. The van der Waals surface area contributed by atoms with E-state index in [9.17, 15) is 14.9 Å². The van der Waals surface area contributed by atoms with E-state index in [4.69, 9.17) is 4.42 Å². The molecule has 1 atom stereocenters. The number of nitrogens with zero attached hydrogens (tertiary/aromatic N) is 1. The highest BCUT2D eigenvalue weighted by Crippen LogP contribution is 2.24. The van der Waals surface area contributed by atoms with Crippen molar-refractivity contribution >= 4 is 35.0 Å². The first-order chi connectivity index (χ1) is 9.51. The van der Waals surface area contributed by atoms with E-state index in [-0.39, 0.29) is 35.8 Å². The molecule has 0 spiro atoms. The van der Waals surface area contributed by atoms with Gasteiger partial charge in [0.2, 0.25) is 0 Å². The summed E-state index contributed by atoms with van der Waals surface area (Å²) in [6, 6.07) is 5.86. The molecule has 2 N–H and O–H groups in total. The molecule has 0 radical (unpaired) electrons. The molecular weight excluding hydrogens is 298 g/mol. The smallest absolute Gasteiger partial charge is 0.287 e. The van der Waals surface area contributed by atoms with Gasteiger partial charge < -0.3 is 15.1 Å². The second-order valence-corrected chi connectivity index (χ2v) is 4.49. The number of rotatable bonds is 5. The summed E-state index contributed by atoms with van der Waals surface area (Å²) in [5.41, 5.74) is 0.413. The van der Waals surface area contributed by atoms with E-state index in [1.807, 2.05) is 6.92 Å². The maximum atomic E-state index is 11.9.